The van der Waals surface area contributed by atoms with Gasteiger partial charge in [-0.05, 0) is 72.8 Å². The van der Waals surface area contributed by atoms with E-state index in [2.05, 4.69) is 0 Å². The van der Waals surface area contributed by atoms with E-state index in [1.165, 1.54) is 12.1 Å². The molecule has 0 aliphatic heterocycles. The molecule has 0 amide bonds. The van der Waals surface area contributed by atoms with Gasteiger partial charge in [0.1, 0.15) is 16.9 Å². The summed E-state index contributed by atoms with van der Waals surface area (Å²) in [5.41, 5.74) is -1.44. The summed E-state index contributed by atoms with van der Waals surface area (Å²) in [7, 11) is -6.05. The van der Waals surface area contributed by atoms with Gasteiger partial charge in [0.05, 0.1) is 5.69 Å². The summed E-state index contributed by atoms with van der Waals surface area (Å²) in [6, 6.07) is 44.8. The van der Waals surface area contributed by atoms with Crippen LogP contribution in [0.4, 0.5) is 47.3 Å². The number of hydrogen-bond acceptors (Lipinski definition) is 6. The van der Waals surface area contributed by atoms with Crippen LogP contribution < -0.4 is 14.0 Å². The molecular formula is C37H25F3N2O4S. The molecule has 0 spiro atoms. The highest BCUT2D eigenvalue weighted by Crippen LogP contribution is 2.51. The van der Waals surface area contributed by atoms with Crippen LogP contribution in [0.1, 0.15) is 0 Å². The summed E-state index contributed by atoms with van der Waals surface area (Å²) in [5, 5.41) is 1.72. The maximum Gasteiger partial charge on any atom is 0.534 e. The molecule has 234 valence electrons. The van der Waals surface area contributed by atoms with Crippen molar-refractivity contribution in [3.8, 4) is 5.75 Å². The van der Waals surface area contributed by atoms with Crippen LogP contribution in [0.5, 0.6) is 5.75 Å². The van der Waals surface area contributed by atoms with Gasteiger partial charge in [-0.1, -0.05) is 78.9 Å². The zero-order chi connectivity index (χ0) is 32.6. The number of nitrogens with zero attached hydrogens (tertiary/aromatic N) is 2. The fourth-order valence-electron chi connectivity index (χ4n) is 5.57. The van der Waals surface area contributed by atoms with Gasteiger partial charge in [0.2, 0.25) is 0 Å². The topological polar surface area (TPSA) is 63.0 Å². The molecule has 1 heterocycles. The molecule has 10 heteroatoms. The third kappa shape index (κ3) is 5.64. The third-order valence-corrected chi connectivity index (χ3v) is 8.55. The second-order valence-electron chi connectivity index (χ2n) is 10.6. The Morgan fingerprint density at radius 1 is 0.532 bits per heavy atom. The molecule has 7 rings (SSSR count). The quantitative estimate of drug-likeness (QED) is 0.120. The first kappa shape index (κ1) is 29.9. The van der Waals surface area contributed by atoms with Crippen LogP contribution in [0.2, 0.25) is 0 Å². The summed E-state index contributed by atoms with van der Waals surface area (Å²) in [5.74, 6) is -0.511. The van der Waals surface area contributed by atoms with Crippen molar-refractivity contribution in [2.45, 2.75) is 5.51 Å². The second kappa shape index (κ2) is 11.9. The molecule has 0 aliphatic carbocycles. The molecule has 0 unspecified atom stereocenters. The second-order valence-corrected chi connectivity index (χ2v) is 12.1. The van der Waals surface area contributed by atoms with Gasteiger partial charge in [0.25, 0.3) is 0 Å². The fraction of sp³-hybridized carbons (Fsp3) is 0.0270. The molecule has 0 aliphatic rings. The number of fused-ring (bicyclic) bond motifs is 3. The zero-order valence-electron chi connectivity index (χ0n) is 24.5. The Balaban J connectivity index is 1.55. The van der Waals surface area contributed by atoms with Crippen molar-refractivity contribution in [2.24, 2.45) is 0 Å². The summed E-state index contributed by atoms with van der Waals surface area (Å²) >= 11 is 0. The molecule has 0 N–H and O–H groups in total. The van der Waals surface area contributed by atoms with E-state index in [0.717, 1.165) is 10.8 Å². The van der Waals surface area contributed by atoms with Crippen molar-refractivity contribution >= 4 is 66.2 Å². The first-order valence-corrected chi connectivity index (χ1v) is 15.9. The lowest BCUT2D eigenvalue weighted by Crippen LogP contribution is -2.29. The van der Waals surface area contributed by atoms with E-state index < -0.39 is 21.4 Å². The van der Waals surface area contributed by atoms with Crippen LogP contribution in [0, 0.1) is 0 Å². The van der Waals surface area contributed by atoms with E-state index >= 15 is 0 Å². The Morgan fingerprint density at radius 3 is 1.66 bits per heavy atom. The number of rotatable bonds is 8. The highest BCUT2D eigenvalue weighted by molar-refractivity contribution is 7.88. The van der Waals surface area contributed by atoms with E-state index in [4.69, 9.17) is 8.60 Å². The van der Waals surface area contributed by atoms with Gasteiger partial charge in [-0.15, -0.1) is 0 Å². The molecule has 0 bridgehead atoms. The summed E-state index contributed by atoms with van der Waals surface area (Å²) in [4.78, 5) is 3.53. The highest BCUT2D eigenvalue weighted by Gasteiger charge is 2.49. The van der Waals surface area contributed by atoms with Crippen molar-refractivity contribution < 1.29 is 30.2 Å². The molecule has 0 fully saturated rings. The van der Waals surface area contributed by atoms with Crippen molar-refractivity contribution in [1.82, 2.24) is 0 Å². The molecule has 0 saturated carbocycles. The van der Waals surface area contributed by atoms with Crippen LogP contribution >= 0.6 is 0 Å². The van der Waals surface area contributed by atoms with Gasteiger partial charge >= 0.3 is 15.6 Å². The number of alkyl halides is 3. The fourth-order valence-corrected chi connectivity index (χ4v) is 6.03. The lowest BCUT2D eigenvalue weighted by Gasteiger charge is -2.34. The first-order chi connectivity index (χ1) is 22.7. The molecular weight excluding hydrogens is 625 g/mol. The molecule has 6 nitrogen and oxygen atoms in total. The number of anilines is 6. The van der Waals surface area contributed by atoms with Crippen LogP contribution in [0.15, 0.2) is 156 Å². The standard InChI is InChI=1S/C37H25F3N2O4S/c38-37(39,40)47(43,44)46-35-22-12-20-32(36(35)42(27-15-6-2-7-16-27)28-17-8-3-9-18-28)41(26-13-4-1-5-14-26)29-23-24-34-31(25-29)30-19-10-11-21-33(30)45-34/h1-25H. The monoisotopic (exact) mass is 650 g/mol. The minimum absolute atomic E-state index is 0.0683. The van der Waals surface area contributed by atoms with E-state index in [1.54, 1.807) is 59.5 Å². The van der Waals surface area contributed by atoms with Gasteiger partial charge in [-0.3, -0.25) is 0 Å². The number of benzene rings is 6. The van der Waals surface area contributed by atoms with Crippen molar-refractivity contribution in [1.29, 1.82) is 0 Å². The third-order valence-electron chi connectivity index (χ3n) is 7.59. The van der Waals surface area contributed by atoms with E-state index in [0.29, 0.717) is 39.6 Å². The van der Waals surface area contributed by atoms with Gasteiger partial charge in [-0.25, -0.2) is 0 Å². The molecule has 47 heavy (non-hydrogen) atoms. The number of furan rings is 1. The Bertz CT molecular complexity index is 2250. The molecule has 0 saturated heterocycles. The van der Waals surface area contributed by atoms with Gasteiger partial charge in [-0.2, -0.15) is 21.6 Å². The number of hydrogen-bond donors (Lipinski definition) is 0. The Labute approximate surface area is 268 Å². The minimum atomic E-state index is -6.05. The predicted molar refractivity (Wildman–Crippen MR) is 179 cm³/mol. The smallest absolute Gasteiger partial charge is 0.456 e. The van der Waals surface area contributed by atoms with Crippen LogP contribution in [0.3, 0.4) is 0 Å². The maximum absolute atomic E-state index is 13.8. The van der Waals surface area contributed by atoms with Gasteiger partial charge < -0.3 is 18.4 Å². The first-order valence-electron chi connectivity index (χ1n) is 14.5. The number of halogens is 3. The molecule has 1 aromatic heterocycles. The average molecular weight is 651 g/mol. The highest BCUT2D eigenvalue weighted by atomic mass is 32.2. The average Bonchev–Trinajstić information content (AvgIpc) is 3.45. The minimum Gasteiger partial charge on any atom is -0.456 e. The lowest BCUT2D eigenvalue weighted by atomic mass is 10.1. The largest absolute Gasteiger partial charge is 0.534 e. The molecule has 7 aromatic rings. The Kier molecular flexibility index (Phi) is 7.57. The van der Waals surface area contributed by atoms with E-state index in [9.17, 15) is 21.6 Å². The number of para-hydroxylation sites is 5. The van der Waals surface area contributed by atoms with Crippen LogP contribution in [-0.2, 0) is 10.1 Å². The maximum atomic E-state index is 13.8. The van der Waals surface area contributed by atoms with E-state index in [1.807, 2.05) is 89.8 Å². The van der Waals surface area contributed by atoms with Crippen molar-refractivity contribution in [3.05, 3.63) is 152 Å². The zero-order valence-corrected chi connectivity index (χ0v) is 25.3. The van der Waals surface area contributed by atoms with Gasteiger partial charge in [0.15, 0.2) is 5.75 Å². The normalized spacial score (nSPS) is 11.9. The lowest BCUT2D eigenvalue weighted by molar-refractivity contribution is -0.0499. The molecule has 6 aromatic carbocycles. The molecule has 0 atom stereocenters. The van der Waals surface area contributed by atoms with Crippen molar-refractivity contribution in [2.75, 3.05) is 9.80 Å². The van der Waals surface area contributed by atoms with Crippen molar-refractivity contribution in [3.63, 3.8) is 0 Å². The van der Waals surface area contributed by atoms with Gasteiger partial charge in [0, 0.05) is 33.5 Å². The van der Waals surface area contributed by atoms with Crippen LogP contribution in [0.25, 0.3) is 21.9 Å². The van der Waals surface area contributed by atoms with Crippen LogP contribution in [-0.4, -0.2) is 13.9 Å². The summed E-state index contributed by atoms with van der Waals surface area (Å²) < 4.78 is 77.5. The summed E-state index contributed by atoms with van der Waals surface area (Å²) in [6.45, 7) is 0. The SMILES string of the molecule is O=S(=O)(Oc1cccc(N(c2ccccc2)c2ccc3oc4ccccc4c3c2)c1N(c1ccccc1)c1ccccc1)C(F)(F)F. The molecule has 0 radical (unpaired) electrons. The predicted octanol–water partition coefficient (Wildman–Crippen LogP) is 10.8. The Hall–Kier alpha value is -5.74. The Morgan fingerprint density at radius 2 is 1.06 bits per heavy atom. The summed E-state index contributed by atoms with van der Waals surface area (Å²) in [6.07, 6.45) is 0. The van der Waals surface area contributed by atoms with E-state index in [-0.39, 0.29) is 5.69 Å².